The first-order valence-electron chi connectivity index (χ1n) is 13.6. The van der Waals surface area contributed by atoms with E-state index in [0.717, 1.165) is 9.87 Å². The number of amides is 2. The molecule has 3 rings (SSSR count). The summed E-state index contributed by atoms with van der Waals surface area (Å²) in [5, 5.41) is 3.48. The molecule has 1 atom stereocenters. The van der Waals surface area contributed by atoms with Crippen molar-refractivity contribution in [3.8, 4) is 11.5 Å². The van der Waals surface area contributed by atoms with Crippen molar-refractivity contribution in [1.82, 2.24) is 10.2 Å². The van der Waals surface area contributed by atoms with Gasteiger partial charge in [0, 0.05) is 19.2 Å². The molecule has 9 nitrogen and oxygen atoms in total. The highest BCUT2D eigenvalue weighted by atomic mass is 35.5. The molecule has 0 spiro atoms. The number of carbonyl (C=O) groups excluding carboxylic acids is 2. The van der Waals surface area contributed by atoms with Crippen LogP contribution in [0.15, 0.2) is 65.6 Å². The molecule has 0 aliphatic heterocycles. The number of sulfonamides is 1. The van der Waals surface area contributed by atoms with Crippen LogP contribution < -0.4 is 19.1 Å². The number of aryl methyl sites for hydroxylation is 1. The number of anilines is 1. The maximum Gasteiger partial charge on any atom is 0.264 e. The van der Waals surface area contributed by atoms with Gasteiger partial charge in [0.05, 0.1) is 34.8 Å². The lowest BCUT2D eigenvalue weighted by Gasteiger charge is -2.32. The lowest BCUT2D eigenvalue weighted by Crippen LogP contribution is -2.51. The summed E-state index contributed by atoms with van der Waals surface area (Å²) in [7, 11) is -1.44. The zero-order valence-electron chi connectivity index (χ0n) is 25.1. The SMILES string of the molecule is COc1ccc(OC)c(N(CC(=O)N(Cc2ccc(Cl)c(Cl)c2)C(C)C(=O)NCC(C)C)S(=O)(=O)c2ccc(C)cc2)c1. The van der Waals surface area contributed by atoms with Gasteiger partial charge in [0.2, 0.25) is 11.8 Å². The number of carbonyl (C=O) groups is 2. The minimum atomic E-state index is -4.30. The predicted molar refractivity (Wildman–Crippen MR) is 170 cm³/mol. The Bertz CT molecular complexity index is 1550. The number of ether oxygens (including phenoxy) is 2. The van der Waals surface area contributed by atoms with Gasteiger partial charge in [-0.25, -0.2) is 8.42 Å². The molecule has 43 heavy (non-hydrogen) atoms. The molecule has 1 unspecified atom stereocenters. The van der Waals surface area contributed by atoms with Gasteiger partial charge in [-0.15, -0.1) is 0 Å². The number of benzene rings is 3. The van der Waals surface area contributed by atoms with Gasteiger partial charge in [-0.05, 0) is 61.7 Å². The van der Waals surface area contributed by atoms with Crippen LogP contribution in [0.5, 0.6) is 11.5 Å². The van der Waals surface area contributed by atoms with Crippen LogP contribution in [0, 0.1) is 12.8 Å². The minimum absolute atomic E-state index is 0.0190. The first kappa shape index (κ1) is 34.0. The molecule has 0 aromatic heterocycles. The topological polar surface area (TPSA) is 105 Å². The fourth-order valence-electron chi connectivity index (χ4n) is 4.21. The molecule has 0 radical (unpaired) electrons. The highest BCUT2D eigenvalue weighted by Gasteiger charge is 2.34. The molecule has 0 fully saturated rings. The second-order valence-electron chi connectivity index (χ2n) is 10.4. The van der Waals surface area contributed by atoms with Gasteiger partial charge in [0.1, 0.15) is 24.1 Å². The smallest absolute Gasteiger partial charge is 0.264 e. The molecule has 232 valence electrons. The number of nitrogens with zero attached hydrogens (tertiary/aromatic N) is 2. The lowest BCUT2D eigenvalue weighted by atomic mass is 10.1. The first-order valence-corrected chi connectivity index (χ1v) is 15.8. The Morgan fingerprint density at radius 1 is 0.907 bits per heavy atom. The van der Waals surface area contributed by atoms with E-state index in [9.17, 15) is 18.0 Å². The summed E-state index contributed by atoms with van der Waals surface area (Å²) in [5.74, 6) is -0.247. The Morgan fingerprint density at radius 3 is 2.16 bits per heavy atom. The number of hydrogen-bond acceptors (Lipinski definition) is 6. The summed E-state index contributed by atoms with van der Waals surface area (Å²) < 4.78 is 40.1. The average Bonchev–Trinajstić information content (AvgIpc) is 2.98. The summed E-state index contributed by atoms with van der Waals surface area (Å²) in [6, 6.07) is 14.9. The Balaban J connectivity index is 2.12. The second kappa shape index (κ2) is 14.8. The fraction of sp³-hybridized carbons (Fsp3) is 0.355. The van der Waals surface area contributed by atoms with Crippen LogP contribution in [-0.2, 0) is 26.2 Å². The average molecular weight is 651 g/mol. The first-order chi connectivity index (χ1) is 20.3. The van der Waals surface area contributed by atoms with E-state index in [1.54, 1.807) is 49.4 Å². The zero-order valence-corrected chi connectivity index (χ0v) is 27.4. The van der Waals surface area contributed by atoms with Crippen LogP contribution in [0.1, 0.15) is 31.9 Å². The van der Waals surface area contributed by atoms with Crippen LogP contribution in [0.4, 0.5) is 5.69 Å². The molecule has 2 amide bonds. The zero-order chi connectivity index (χ0) is 31.9. The van der Waals surface area contributed by atoms with E-state index in [-0.39, 0.29) is 39.7 Å². The Kier molecular flexibility index (Phi) is 11.7. The molecule has 12 heteroatoms. The Morgan fingerprint density at radius 2 is 1.58 bits per heavy atom. The molecule has 1 N–H and O–H groups in total. The van der Waals surface area contributed by atoms with E-state index in [1.807, 2.05) is 20.8 Å². The number of hydrogen-bond donors (Lipinski definition) is 1. The van der Waals surface area contributed by atoms with Crippen molar-refractivity contribution in [2.45, 2.75) is 45.2 Å². The summed E-state index contributed by atoms with van der Waals surface area (Å²) in [6.45, 7) is 7.10. The summed E-state index contributed by atoms with van der Waals surface area (Å²) >= 11 is 12.3. The maximum atomic E-state index is 14.2. The largest absolute Gasteiger partial charge is 0.497 e. The van der Waals surface area contributed by atoms with Crippen LogP contribution in [0.3, 0.4) is 0 Å². The molecule has 0 bridgehead atoms. The number of halogens is 2. The third kappa shape index (κ3) is 8.55. The van der Waals surface area contributed by atoms with Crippen molar-refractivity contribution < 1.29 is 27.5 Å². The van der Waals surface area contributed by atoms with Gasteiger partial charge in [-0.1, -0.05) is 60.8 Å². The van der Waals surface area contributed by atoms with Gasteiger partial charge in [-0.2, -0.15) is 0 Å². The quantitative estimate of drug-likeness (QED) is 0.255. The van der Waals surface area contributed by atoms with Crippen molar-refractivity contribution in [3.63, 3.8) is 0 Å². The van der Waals surface area contributed by atoms with Gasteiger partial charge in [0.25, 0.3) is 10.0 Å². The van der Waals surface area contributed by atoms with Crippen LogP contribution >= 0.6 is 23.2 Å². The molecule has 0 saturated heterocycles. The molecular formula is C31H37Cl2N3O6S. The van der Waals surface area contributed by atoms with Gasteiger partial charge in [0.15, 0.2) is 0 Å². The lowest BCUT2D eigenvalue weighted by molar-refractivity contribution is -0.139. The molecule has 0 saturated carbocycles. The Labute approximate surface area is 263 Å². The summed E-state index contributed by atoms with van der Waals surface area (Å²) in [6.07, 6.45) is 0. The standard InChI is InChI=1S/C31H37Cl2N3O6S/c1-20(2)17-34-31(38)22(4)35(18-23-9-13-26(32)27(33)15-23)30(37)19-36(28-16-24(41-5)10-14-29(28)42-6)43(39,40)25-11-7-21(3)8-12-25/h7-16,20,22H,17-19H2,1-6H3,(H,34,38). The highest BCUT2D eigenvalue weighted by Crippen LogP contribution is 2.36. The molecule has 0 aliphatic carbocycles. The molecule has 0 aliphatic rings. The van der Waals surface area contributed by atoms with Crippen molar-refractivity contribution in [2.75, 3.05) is 31.6 Å². The van der Waals surface area contributed by atoms with Gasteiger partial charge in [-0.3, -0.25) is 13.9 Å². The Hall–Kier alpha value is -3.47. The van der Waals surface area contributed by atoms with Crippen molar-refractivity contribution in [3.05, 3.63) is 81.8 Å². The number of rotatable bonds is 13. The van der Waals surface area contributed by atoms with Crippen LogP contribution in [-0.4, -0.2) is 58.5 Å². The third-order valence-corrected chi connectivity index (χ3v) is 9.24. The monoisotopic (exact) mass is 649 g/mol. The number of methoxy groups -OCH3 is 2. The van der Waals surface area contributed by atoms with Crippen LogP contribution in [0.2, 0.25) is 10.0 Å². The van der Waals surface area contributed by atoms with Crippen LogP contribution in [0.25, 0.3) is 0 Å². The van der Waals surface area contributed by atoms with E-state index in [1.165, 1.54) is 37.3 Å². The number of nitrogens with one attached hydrogen (secondary N) is 1. The van der Waals surface area contributed by atoms with Crippen molar-refractivity contribution in [1.29, 1.82) is 0 Å². The summed E-state index contributed by atoms with van der Waals surface area (Å²) in [4.78, 5) is 28.6. The molecule has 0 heterocycles. The third-order valence-electron chi connectivity index (χ3n) is 6.73. The minimum Gasteiger partial charge on any atom is -0.497 e. The van der Waals surface area contributed by atoms with Crippen molar-refractivity contribution >= 4 is 50.7 Å². The van der Waals surface area contributed by atoms with Gasteiger partial charge >= 0.3 is 0 Å². The highest BCUT2D eigenvalue weighted by molar-refractivity contribution is 7.92. The second-order valence-corrected chi connectivity index (χ2v) is 13.1. The molecule has 3 aromatic rings. The van der Waals surface area contributed by atoms with Crippen molar-refractivity contribution in [2.24, 2.45) is 5.92 Å². The fourth-order valence-corrected chi connectivity index (χ4v) is 5.95. The van der Waals surface area contributed by atoms with E-state index < -0.39 is 28.5 Å². The predicted octanol–water partition coefficient (Wildman–Crippen LogP) is 5.70. The molecule has 3 aromatic carbocycles. The molecular weight excluding hydrogens is 613 g/mol. The normalized spacial score (nSPS) is 12.0. The maximum absolute atomic E-state index is 14.2. The van der Waals surface area contributed by atoms with E-state index >= 15 is 0 Å². The van der Waals surface area contributed by atoms with Gasteiger partial charge < -0.3 is 19.7 Å². The van der Waals surface area contributed by atoms with E-state index in [0.29, 0.717) is 22.9 Å². The van der Waals surface area contributed by atoms with E-state index in [2.05, 4.69) is 5.32 Å². The summed E-state index contributed by atoms with van der Waals surface area (Å²) in [5.41, 5.74) is 1.58. The van der Waals surface area contributed by atoms with E-state index in [4.69, 9.17) is 32.7 Å².